The fourth-order valence-corrected chi connectivity index (χ4v) is 7.71. The van der Waals surface area contributed by atoms with Crippen LogP contribution >= 0.6 is 19.4 Å². The molecule has 0 saturated carbocycles. The molecule has 52 heavy (non-hydrogen) atoms. The maximum Gasteiger partial charge on any atom is 0.475 e. The minimum absolute atomic E-state index is 0.0948. The van der Waals surface area contributed by atoms with Crippen LogP contribution in [0.1, 0.15) is 71.2 Å². The number of aromatic nitrogens is 3. The van der Waals surface area contributed by atoms with Crippen molar-refractivity contribution in [3.8, 4) is 11.5 Å². The maximum atomic E-state index is 13.5. The van der Waals surface area contributed by atoms with Gasteiger partial charge in [-0.1, -0.05) is 17.7 Å². The third kappa shape index (κ3) is 11.3. The number of hydrogen-bond donors (Lipinski definition) is 2. The largest absolute Gasteiger partial charge is 0.493 e. The first-order valence-electron chi connectivity index (χ1n) is 17.3. The van der Waals surface area contributed by atoms with Crippen LogP contribution in [0.25, 0.3) is 10.9 Å². The first-order chi connectivity index (χ1) is 24.6. The number of likely N-dealkylation sites (tertiary alicyclic amines) is 1. The molecule has 0 bridgehead atoms. The van der Waals surface area contributed by atoms with Crippen molar-refractivity contribution >= 4 is 53.6 Å². The van der Waals surface area contributed by atoms with E-state index in [0.717, 1.165) is 37.7 Å². The fraction of sp³-hybridized carbons (Fsp3) is 0.459. The number of nitrogens with one attached hydrogen (secondary N) is 2. The Balaban J connectivity index is 1.16. The lowest BCUT2D eigenvalue weighted by Crippen LogP contribution is -2.35. The molecule has 1 atom stereocenters. The Labute approximate surface area is 310 Å². The molecule has 0 radical (unpaired) electrons. The summed E-state index contributed by atoms with van der Waals surface area (Å²) in [4.78, 5) is 28.2. The zero-order valence-corrected chi connectivity index (χ0v) is 32.4. The molecule has 0 aliphatic carbocycles. The fourth-order valence-electron chi connectivity index (χ4n) is 5.68. The van der Waals surface area contributed by atoms with Crippen LogP contribution in [0.3, 0.4) is 0 Å². The molecule has 280 valence electrons. The van der Waals surface area contributed by atoms with Gasteiger partial charge in [0, 0.05) is 34.6 Å². The molecule has 0 spiro atoms. The highest BCUT2D eigenvalue weighted by Gasteiger charge is 2.38. The van der Waals surface area contributed by atoms with Crippen molar-refractivity contribution < 1.29 is 32.4 Å². The van der Waals surface area contributed by atoms with Gasteiger partial charge in [-0.15, -0.1) is 0 Å². The van der Waals surface area contributed by atoms with Gasteiger partial charge in [-0.05, 0) is 104 Å². The lowest BCUT2D eigenvalue weighted by molar-refractivity contribution is -0.00312. The summed E-state index contributed by atoms with van der Waals surface area (Å²) < 4.78 is 42.9. The maximum absolute atomic E-state index is 13.5. The second-order valence-corrected chi connectivity index (χ2v) is 16.4. The Morgan fingerprint density at radius 1 is 1.00 bits per heavy atom. The summed E-state index contributed by atoms with van der Waals surface area (Å²) in [6.45, 7) is 13.4. The molecule has 5 rings (SSSR count). The summed E-state index contributed by atoms with van der Waals surface area (Å²) in [7, 11) is -2.20. The molecule has 3 heterocycles. The van der Waals surface area contributed by atoms with Crippen LogP contribution in [0.5, 0.6) is 11.5 Å². The van der Waals surface area contributed by atoms with Gasteiger partial charge in [0.05, 0.1) is 48.9 Å². The first kappa shape index (κ1) is 39.4. The molecule has 2 N–H and O–H groups in total. The zero-order valence-electron chi connectivity index (χ0n) is 30.8. The van der Waals surface area contributed by atoms with Gasteiger partial charge in [-0.3, -0.25) is 23.3 Å². The van der Waals surface area contributed by atoms with E-state index in [1.807, 2.05) is 53.7 Å². The van der Waals surface area contributed by atoms with Crippen molar-refractivity contribution in [3.05, 3.63) is 71.6 Å². The van der Waals surface area contributed by atoms with E-state index in [0.29, 0.717) is 51.5 Å². The number of anilines is 3. The van der Waals surface area contributed by atoms with E-state index in [1.165, 1.54) is 6.33 Å². The number of hydrogen-bond acceptors (Lipinski definition) is 12. The lowest BCUT2D eigenvalue weighted by atomic mass is 10.2. The Kier molecular flexibility index (Phi) is 12.8. The summed E-state index contributed by atoms with van der Waals surface area (Å²) in [5, 5.41) is 7.26. The standard InChI is InChI=1S/C37H48ClN6O7P/c1-36(2,3)50-52(46,51-37(4,5)6)49-23-28-13-9-16-44(28)17-10-18-48-32-21-30-29(20-31(32)47-7)34(41-24-40-30)42-27-14-15-33(39-22-27)43-35(45)25-11-8-12-26(38)19-25/h8,11-12,14-15,19-22,24,28H,9-10,13,16-18,23H2,1-7H3,(H,39,43,45)(H,40,41,42)/t28-/m0/s1. The normalized spacial score (nSPS) is 15.5. The number of amides is 1. The van der Waals surface area contributed by atoms with Gasteiger partial charge in [-0.25, -0.2) is 19.5 Å². The monoisotopic (exact) mass is 754 g/mol. The van der Waals surface area contributed by atoms with Crippen LogP contribution in [0, 0.1) is 0 Å². The number of carbonyl (C=O) groups is 1. The number of nitrogens with zero attached hydrogens (tertiary/aromatic N) is 4. The van der Waals surface area contributed by atoms with Crippen LogP contribution < -0.4 is 20.1 Å². The molecule has 4 aromatic rings. The second kappa shape index (κ2) is 16.9. The molecule has 1 saturated heterocycles. The van der Waals surface area contributed by atoms with Gasteiger partial charge in [0.2, 0.25) is 0 Å². The Morgan fingerprint density at radius 3 is 2.44 bits per heavy atom. The van der Waals surface area contributed by atoms with E-state index < -0.39 is 19.0 Å². The predicted molar refractivity (Wildman–Crippen MR) is 203 cm³/mol. The summed E-state index contributed by atoms with van der Waals surface area (Å²) in [6, 6.07) is 13.9. The topological polar surface area (TPSA) is 146 Å². The van der Waals surface area contributed by atoms with Crippen molar-refractivity contribution in [2.24, 2.45) is 0 Å². The number of halogens is 1. The van der Waals surface area contributed by atoms with E-state index in [-0.39, 0.29) is 18.6 Å². The molecular formula is C37H48ClN6O7P. The molecule has 1 amide bonds. The number of pyridine rings is 1. The van der Waals surface area contributed by atoms with Crippen LogP contribution in [0.15, 0.2) is 61.1 Å². The molecule has 1 fully saturated rings. The molecule has 1 aliphatic heterocycles. The summed E-state index contributed by atoms with van der Waals surface area (Å²) >= 11 is 6.01. The number of fused-ring (bicyclic) bond motifs is 1. The summed E-state index contributed by atoms with van der Waals surface area (Å²) in [5.41, 5.74) is 0.393. The van der Waals surface area contributed by atoms with Crippen molar-refractivity contribution in [1.29, 1.82) is 0 Å². The highest BCUT2D eigenvalue weighted by atomic mass is 35.5. The van der Waals surface area contributed by atoms with Gasteiger partial charge in [0.15, 0.2) is 11.5 Å². The van der Waals surface area contributed by atoms with Gasteiger partial charge >= 0.3 is 7.82 Å². The number of benzene rings is 2. The quantitative estimate of drug-likeness (QED) is 0.0884. The zero-order chi connectivity index (χ0) is 37.5. The molecule has 2 aromatic heterocycles. The third-order valence-electron chi connectivity index (χ3n) is 7.82. The Morgan fingerprint density at radius 2 is 1.77 bits per heavy atom. The minimum atomic E-state index is -3.78. The number of phosphoric ester groups is 1. The van der Waals surface area contributed by atoms with E-state index in [1.54, 1.807) is 49.7 Å². The van der Waals surface area contributed by atoms with E-state index in [2.05, 4.69) is 30.5 Å². The smallest absolute Gasteiger partial charge is 0.475 e. The molecule has 1 aliphatic rings. The van der Waals surface area contributed by atoms with Crippen LogP contribution in [0.2, 0.25) is 5.02 Å². The number of phosphoric acid groups is 1. The average Bonchev–Trinajstić information content (AvgIpc) is 3.52. The van der Waals surface area contributed by atoms with E-state index in [9.17, 15) is 9.36 Å². The summed E-state index contributed by atoms with van der Waals surface area (Å²) in [6.07, 6.45) is 5.79. The average molecular weight is 755 g/mol. The van der Waals surface area contributed by atoms with Crippen molar-refractivity contribution in [3.63, 3.8) is 0 Å². The molecule has 2 aromatic carbocycles. The van der Waals surface area contributed by atoms with E-state index in [4.69, 9.17) is 34.6 Å². The number of carbonyl (C=O) groups excluding carboxylic acids is 1. The first-order valence-corrected chi connectivity index (χ1v) is 19.1. The van der Waals surface area contributed by atoms with Crippen LogP contribution in [-0.4, -0.2) is 76.4 Å². The second-order valence-electron chi connectivity index (χ2n) is 14.4. The Hall–Kier alpha value is -3.84. The van der Waals surface area contributed by atoms with Gasteiger partial charge in [0.25, 0.3) is 5.91 Å². The molecule has 13 nitrogen and oxygen atoms in total. The van der Waals surface area contributed by atoms with Crippen molar-refractivity contribution in [1.82, 2.24) is 19.9 Å². The van der Waals surface area contributed by atoms with Gasteiger partial charge in [0.1, 0.15) is 18.0 Å². The van der Waals surface area contributed by atoms with Crippen molar-refractivity contribution in [2.45, 2.75) is 78.0 Å². The van der Waals surface area contributed by atoms with Crippen LogP contribution in [-0.2, 0) is 18.1 Å². The number of ether oxygens (including phenoxy) is 2. The molecule has 0 unspecified atom stereocenters. The van der Waals surface area contributed by atoms with Gasteiger partial charge in [-0.2, -0.15) is 0 Å². The van der Waals surface area contributed by atoms with Crippen LogP contribution in [0.4, 0.5) is 17.3 Å². The lowest BCUT2D eigenvalue weighted by Gasteiger charge is -2.32. The summed E-state index contributed by atoms with van der Waals surface area (Å²) in [5.74, 6) is 1.75. The molecule has 15 heteroatoms. The highest BCUT2D eigenvalue weighted by molar-refractivity contribution is 7.48. The molecular weight excluding hydrogens is 707 g/mol. The van der Waals surface area contributed by atoms with Crippen molar-refractivity contribution in [2.75, 3.05) is 44.0 Å². The predicted octanol–water partition coefficient (Wildman–Crippen LogP) is 8.67. The Bertz CT molecular complexity index is 1860. The van der Waals surface area contributed by atoms with Gasteiger partial charge < -0.3 is 20.1 Å². The minimum Gasteiger partial charge on any atom is -0.493 e. The number of methoxy groups -OCH3 is 1. The SMILES string of the molecule is COc1cc2c(Nc3ccc(NC(=O)c4cccc(Cl)c4)nc3)ncnc2cc1OCCCN1CCC[C@H]1COP(=O)(OC(C)(C)C)OC(C)(C)C. The number of rotatable bonds is 15. The highest BCUT2D eigenvalue weighted by Crippen LogP contribution is 2.55. The van der Waals surface area contributed by atoms with E-state index >= 15 is 0 Å². The third-order valence-corrected chi connectivity index (χ3v) is 10.1.